The van der Waals surface area contributed by atoms with Crippen LogP contribution in [-0.4, -0.2) is 61.0 Å². The van der Waals surface area contributed by atoms with Crippen molar-refractivity contribution in [3.8, 4) is 0 Å². The molecule has 37 heavy (non-hydrogen) atoms. The molecule has 1 amide bonds. The predicted octanol–water partition coefficient (Wildman–Crippen LogP) is 2.74. The van der Waals surface area contributed by atoms with Crippen LogP contribution < -0.4 is 10.5 Å². The lowest BCUT2D eigenvalue weighted by molar-refractivity contribution is -0.0299. The Hall–Kier alpha value is -3.98. The van der Waals surface area contributed by atoms with E-state index in [9.17, 15) is 14.7 Å². The zero-order chi connectivity index (χ0) is 26.2. The van der Waals surface area contributed by atoms with Crippen molar-refractivity contribution in [1.29, 1.82) is 0 Å². The summed E-state index contributed by atoms with van der Waals surface area (Å²) in [5.41, 5.74) is 3.40. The third kappa shape index (κ3) is 4.99. The highest BCUT2D eigenvalue weighted by molar-refractivity contribution is 5.94. The molecule has 0 bridgehead atoms. The van der Waals surface area contributed by atoms with Crippen molar-refractivity contribution in [1.82, 2.24) is 24.2 Å². The fourth-order valence-electron chi connectivity index (χ4n) is 4.96. The van der Waals surface area contributed by atoms with E-state index in [0.717, 1.165) is 12.2 Å². The number of hydrogen-bond donors (Lipinski definition) is 1. The van der Waals surface area contributed by atoms with E-state index < -0.39 is 5.60 Å². The number of benzene rings is 2. The summed E-state index contributed by atoms with van der Waals surface area (Å²) in [6.07, 6.45) is 3.72. The molecule has 1 aliphatic rings. The van der Waals surface area contributed by atoms with Crippen LogP contribution in [0.2, 0.25) is 0 Å². The molecule has 1 aliphatic heterocycles. The number of fused-ring (bicyclic) bond motifs is 1. The van der Waals surface area contributed by atoms with E-state index in [1.807, 2.05) is 43.4 Å². The van der Waals surface area contributed by atoms with Crippen molar-refractivity contribution in [3.05, 3.63) is 88.1 Å². The molecule has 9 nitrogen and oxygen atoms in total. The molecule has 0 saturated carbocycles. The number of piperidine rings is 1. The number of anilines is 1. The Morgan fingerprint density at radius 3 is 2.51 bits per heavy atom. The smallest absolute Gasteiger partial charge is 0.264 e. The zero-order valence-corrected chi connectivity index (χ0v) is 21.5. The van der Waals surface area contributed by atoms with Gasteiger partial charge in [-0.05, 0) is 55.2 Å². The first-order valence-electron chi connectivity index (χ1n) is 12.5. The zero-order valence-electron chi connectivity index (χ0n) is 21.5. The first kappa shape index (κ1) is 24.7. The second-order valence-corrected chi connectivity index (χ2v) is 10.0. The van der Waals surface area contributed by atoms with Crippen LogP contribution >= 0.6 is 0 Å². The Bertz CT molecular complexity index is 1480. The molecule has 0 spiro atoms. The van der Waals surface area contributed by atoms with Crippen LogP contribution in [0, 0.1) is 6.92 Å². The van der Waals surface area contributed by atoms with Gasteiger partial charge >= 0.3 is 0 Å². The van der Waals surface area contributed by atoms with Gasteiger partial charge in [0, 0.05) is 45.0 Å². The minimum atomic E-state index is -1.08. The summed E-state index contributed by atoms with van der Waals surface area (Å²) in [5, 5.41) is 15.7. The van der Waals surface area contributed by atoms with Gasteiger partial charge in [-0.15, -0.1) is 0 Å². The predicted molar refractivity (Wildman–Crippen MR) is 143 cm³/mol. The molecule has 4 aromatic rings. The second-order valence-electron chi connectivity index (χ2n) is 10.0. The number of carbonyl (C=O) groups is 1. The summed E-state index contributed by atoms with van der Waals surface area (Å²) >= 11 is 0. The normalized spacial score (nSPS) is 15.2. The first-order chi connectivity index (χ1) is 17.7. The molecule has 9 heteroatoms. The van der Waals surface area contributed by atoms with Gasteiger partial charge < -0.3 is 14.9 Å². The van der Waals surface area contributed by atoms with E-state index in [4.69, 9.17) is 0 Å². The number of aliphatic hydroxyl groups is 1. The standard InChI is InChI=1S/C28H32N6O3/c1-20-6-4-5-7-22(20)17-31(2)23-10-8-21(9-11-23)26(35)33-14-12-28(37,13-15-33)18-34-19-29-25-24(27(34)36)16-30-32(25)3/h4-11,16,19,37H,12-15,17-18H2,1-3H3. The van der Waals surface area contributed by atoms with Gasteiger partial charge in [0.1, 0.15) is 11.7 Å². The molecule has 1 fully saturated rings. The van der Waals surface area contributed by atoms with Gasteiger partial charge in [-0.25, -0.2) is 4.98 Å². The third-order valence-corrected chi connectivity index (χ3v) is 7.39. The van der Waals surface area contributed by atoms with Crippen LogP contribution in [-0.2, 0) is 20.1 Å². The van der Waals surface area contributed by atoms with Crippen LogP contribution in [0.15, 0.2) is 65.8 Å². The number of aromatic nitrogens is 4. The number of aryl methyl sites for hydroxylation is 2. The number of nitrogens with zero attached hydrogens (tertiary/aromatic N) is 6. The highest BCUT2D eigenvalue weighted by Gasteiger charge is 2.35. The van der Waals surface area contributed by atoms with E-state index >= 15 is 0 Å². The summed E-state index contributed by atoms with van der Waals surface area (Å²) in [5.74, 6) is -0.0502. The van der Waals surface area contributed by atoms with Crippen molar-refractivity contribution >= 4 is 22.6 Å². The van der Waals surface area contributed by atoms with E-state index in [2.05, 4.69) is 34.0 Å². The molecule has 0 atom stereocenters. The lowest BCUT2D eigenvalue weighted by Gasteiger charge is -2.38. The van der Waals surface area contributed by atoms with E-state index in [1.165, 1.54) is 28.2 Å². The van der Waals surface area contributed by atoms with Crippen molar-refractivity contribution in [2.24, 2.45) is 7.05 Å². The molecule has 1 N–H and O–H groups in total. The van der Waals surface area contributed by atoms with Gasteiger partial charge in [-0.3, -0.25) is 18.8 Å². The van der Waals surface area contributed by atoms with Crippen LogP contribution in [0.5, 0.6) is 0 Å². The lowest BCUT2D eigenvalue weighted by Crippen LogP contribution is -2.49. The summed E-state index contributed by atoms with van der Waals surface area (Å²) in [6.45, 7) is 3.87. The Kier molecular flexibility index (Phi) is 6.55. The lowest BCUT2D eigenvalue weighted by atomic mass is 9.91. The van der Waals surface area contributed by atoms with Crippen molar-refractivity contribution in [2.45, 2.75) is 38.5 Å². The molecule has 2 aromatic carbocycles. The molecular formula is C28H32N6O3. The topological polar surface area (TPSA) is 96.5 Å². The maximum absolute atomic E-state index is 13.1. The molecule has 192 valence electrons. The third-order valence-electron chi connectivity index (χ3n) is 7.39. The van der Waals surface area contributed by atoms with Gasteiger partial charge in [0.15, 0.2) is 5.65 Å². The Labute approximate surface area is 215 Å². The Morgan fingerprint density at radius 1 is 1.11 bits per heavy atom. The highest BCUT2D eigenvalue weighted by atomic mass is 16.3. The number of amides is 1. The summed E-state index contributed by atoms with van der Waals surface area (Å²) in [7, 11) is 3.78. The molecule has 1 saturated heterocycles. The first-order valence-corrected chi connectivity index (χ1v) is 12.5. The van der Waals surface area contributed by atoms with Crippen LogP contribution in [0.25, 0.3) is 11.0 Å². The number of rotatable bonds is 6. The van der Waals surface area contributed by atoms with Gasteiger partial charge in [-0.1, -0.05) is 24.3 Å². The average molecular weight is 501 g/mol. The minimum absolute atomic E-state index is 0.0502. The molecule has 5 rings (SSSR count). The molecule has 3 heterocycles. The quantitative estimate of drug-likeness (QED) is 0.437. The monoisotopic (exact) mass is 500 g/mol. The van der Waals surface area contributed by atoms with Crippen LogP contribution in [0.1, 0.15) is 34.3 Å². The number of likely N-dealkylation sites (tertiary alicyclic amines) is 1. The summed E-state index contributed by atoms with van der Waals surface area (Å²) < 4.78 is 2.99. The number of hydrogen-bond acceptors (Lipinski definition) is 6. The van der Waals surface area contributed by atoms with E-state index in [1.54, 1.807) is 16.6 Å². The van der Waals surface area contributed by atoms with Crippen LogP contribution in [0.4, 0.5) is 5.69 Å². The molecule has 2 aromatic heterocycles. The maximum atomic E-state index is 13.1. The highest BCUT2D eigenvalue weighted by Crippen LogP contribution is 2.26. The van der Waals surface area contributed by atoms with Crippen molar-refractivity contribution in [3.63, 3.8) is 0 Å². The number of carbonyl (C=O) groups excluding carboxylic acids is 1. The van der Waals surface area contributed by atoms with Crippen molar-refractivity contribution in [2.75, 3.05) is 25.0 Å². The summed E-state index contributed by atoms with van der Waals surface area (Å²) in [4.78, 5) is 34.2. The fourth-order valence-corrected chi connectivity index (χ4v) is 4.96. The van der Waals surface area contributed by atoms with Crippen LogP contribution in [0.3, 0.4) is 0 Å². The maximum Gasteiger partial charge on any atom is 0.264 e. The fraction of sp³-hybridized carbons (Fsp3) is 0.357. The SMILES string of the molecule is Cc1ccccc1CN(C)c1ccc(C(=O)N2CCC(O)(Cn3cnc4c(cnn4C)c3=O)CC2)cc1. The Morgan fingerprint density at radius 2 is 1.81 bits per heavy atom. The minimum Gasteiger partial charge on any atom is -0.388 e. The molecule has 0 radical (unpaired) electrons. The molecule has 0 aliphatic carbocycles. The molecular weight excluding hydrogens is 468 g/mol. The van der Waals surface area contributed by atoms with E-state index in [-0.39, 0.29) is 18.0 Å². The van der Waals surface area contributed by atoms with E-state index in [0.29, 0.717) is 42.5 Å². The molecule has 0 unspecified atom stereocenters. The Balaban J connectivity index is 1.20. The van der Waals surface area contributed by atoms with Gasteiger partial charge in [0.2, 0.25) is 0 Å². The second kappa shape index (κ2) is 9.82. The average Bonchev–Trinajstić information content (AvgIpc) is 3.28. The summed E-state index contributed by atoms with van der Waals surface area (Å²) in [6, 6.07) is 16.0. The van der Waals surface area contributed by atoms with Crippen molar-refractivity contribution < 1.29 is 9.90 Å². The van der Waals surface area contributed by atoms with Gasteiger partial charge in [0.05, 0.1) is 18.3 Å². The van der Waals surface area contributed by atoms with Gasteiger partial charge in [0.25, 0.3) is 11.5 Å². The largest absolute Gasteiger partial charge is 0.388 e. The van der Waals surface area contributed by atoms with Gasteiger partial charge in [-0.2, -0.15) is 5.10 Å².